The maximum absolute atomic E-state index is 13.9. The molecule has 214 valence electrons. The predicted molar refractivity (Wildman–Crippen MR) is 155 cm³/mol. The number of benzene rings is 3. The number of hydrogen-bond donors (Lipinski definition) is 0. The number of amides is 1. The maximum atomic E-state index is 13.9. The number of hydrogen-bond acceptors (Lipinski definition) is 5. The van der Waals surface area contributed by atoms with E-state index in [1.165, 1.54) is 6.07 Å². The highest BCUT2D eigenvalue weighted by Gasteiger charge is 2.32. The second-order valence-electron chi connectivity index (χ2n) is 10.1. The molecule has 0 spiro atoms. The Kier molecular flexibility index (Phi) is 7.06. The molecule has 0 unspecified atom stereocenters. The Morgan fingerprint density at radius 2 is 1.60 bits per heavy atom. The normalized spacial score (nSPS) is 13.9. The SMILES string of the molecule is COc1ccccc1-c1cc(C(=O)N2CCN(c3cccc(C(F)(F)F)c3)CC2)nc2c(-c3ccccc3)c(C)nn12. The van der Waals surface area contributed by atoms with Crippen molar-refractivity contribution >= 4 is 17.2 Å². The van der Waals surface area contributed by atoms with Crippen LogP contribution in [-0.2, 0) is 6.18 Å². The molecule has 3 heterocycles. The number of anilines is 1. The van der Waals surface area contributed by atoms with E-state index in [1.54, 1.807) is 28.7 Å². The number of methoxy groups -OCH3 is 1. The van der Waals surface area contributed by atoms with E-state index in [9.17, 15) is 18.0 Å². The van der Waals surface area contributed by atoms with Crippen LogP contribution in [0.4, 0.5) is 18.9 Å². The number of nitrogens with zero attached hydrogens (tertiary/aromatic N) is 5. The van der Waals surface area contributed by atoms with E-state index in [4.69, 9.17) is 14.8 Å². The third kappa shape index (κ3) is 5.04. The third-order valence-corrected chi connectivity index (χ3v) is 7.53. The quantitative estimate of drug-likeness (QED) is 0.246. The molecule has 1 fully saturated rings. The molecule has 0 aliphatic carbocycles. The predicted octanol–water partition coefficient (Wildman–Crippen LogP) is 6.36. The molecule has 0 radical (unpaired) electrons. The van der Waals surface area contributed by atoms with E-state index in [-0.39, 0.29) is 11.6 Å². The second kappa shape index (κ2) is 10.8. The number of alkyl halides is 3. The van der Waals surface area contributed by atoms with Crippen molar-refractivity contribution in [3.63, 3.8) is 0 Å². The Hall–Kier alpha value is -4.86. The largest absolute Gasteiger partial charge is 0.496 e. The van der Waals surface area contributed by atoms with Gasteiger partial charge in [0, 0.05) is 43.0 Å². The first-order chi connectivity index (χ1) is 20.2. The van der Waals surface area contributed by atoms with E-state index in [0.29, 0.717) is 49.0 Å². The average molecular weight is 572 g/mol. The van der Waals surface area contributed by atoms with Crippen molar-refractivity contribution in [2.75, 3.05) is 38.2 Å². The van der Waals surface area contributed by atoms with Gasteiger partial charge in [-0.3, -0.25) is 4.79 Å². The Balaban J connectivity index is 1.37. The monoisotopic (exact) mass is 571 g/mol. The summed E-state index contributed by atoms with van der Waals surface area (Å²) in [5.41, 5.74) is 4.55. The molecule has 3 aromatic carbocycles. The van der Waals surface area contributed by atoms with Gasteiger partial charge in [-0.1, -0.05) is 48.5 Å². The minimum Gasteiger partial charge on any atom is -0.496 e. The molecular weight excluding hydrogens is 543 g/mol. The topological polar surface area (TPSA) is 63.0 Å². The lowest BCUT2D eigenvalue weighted by Crippen LogP contribution is -2.49. The zero-order valence-electron chi connectivity index (χ0n) is 23.1. The number of halogens is 3. The summed E-state index contributed by atoms with van der Waals surface area (Å²) in [6, 6.07) is 24.3. The Bertz CT molecular complexity index is 1760. The van der Waals surface area contributed by atoms with Crippen molar-refractivity contribution in [3.8, 4) is 28.1 Å². The van der Waals surface area contributed by atoms with Crippen molar-refractivity contribution in [1.82, 2.24) is 19.5 Å². The molecule has 7 nitrogen and oxygen atoms in total. The summed E-state index contributed by atoms with van der Waals surface area (Å²) in [6.45, 7) is 3.40. The molecule has 1 amide bonds. The van der Waals surface area contributed by atoms with Gasteiger partial charge in [0.15, 0.2) is 5.65 Å². The molecule has 0 saturated carbocycles. The fourth-order valence-corrected chi connectivity index (χ4v) is 5.43. The smallest absolute Gasteiger partial charge is 0.416 e. The minimum atomic E-state index is -4.41. The van der Waals surface area contributed by atoms with Crippen LogP contribution in [0.3, 0.4) is 0 Å². The number of para-hydroxylation sites is 1. The van der Waals surface area contributed by atoms with Gasteiger partial charge in [-0.15, -0.1) is 0 Å². The van der Waals surface area contributed by atoms with Gasteiger partial charge in [0.05, 0.1) is 24.1 Å². The van der Waals surface area contributed by atoms with Crippen molar-refractivity contribution in [2.24, 2.45) is 0 Å². The van der Waals surface area contributed by atoms with Crippen LogP contribution in [0.15, 0.2) is 84.9 Å². The summed E-state index contributed by atoms with van der Waals surface area (Å²) >= 11 is 0. The maximum Gasteiger partial charge on any atom is 0.416 e. The first-order valence-corrected chi connectivity index (χ1v) is 13.6. The number of rotatable bonds is 5. The second-order valence-corrected chi connectivity index (χ2v) is 10.1. The van der Waals surface area contributed by atoms with Crippen molar-refractivity contribution in [3.05, 3.63) is 102 Å². The van der Waals surface area contributed by atoms with Crippen LogP contribution in [-0.4, -0.2) is 58.7 Å². The molecule has 10 heteroatoms. The highest BCUT2D eigenvalue weighted by molar-refractivity contribution is 5.95. The van der Waals surface area contributed by atoms with Gasteiger partial charge in [0.1, 0.15) is 11.4 Å². The van der Waals surface area contributed by atoms with Crippen LogP contribution in [0.5, 0.6) is 5.75 Å². The van der Waals surface area contributed by atoms with Gasteiger partial charge in [0.25, 0.3) is 5.91 Å². The number of aryl methyl sites for hydroxylation is 1. The highest BCUT2D eigenvalue weighted by Crippen LogP contribution is 2.35. The zero-order valence-corrected chi connectivity index (χ0v) is 23.1. The molecule has 1 aliphatic rings. The Morgan fingerprint density at radius 1 is 0.881 bits per heavy atom. The lowest BCUT2D eigenvalue weighted by Gasteiger charge is -2.36. The molecule has 42 heavy (non-hydrogen) atoms. The lowest BCUT2D eigenvalue weighted by molar-refractivity contribution is -0.137. The number of carbonyl (C=O) groups excluding carboxylic acids is 1. The molecule has 1 saturated heterocycles. The fraction of sp³-hybridized carbons (Fsp3) is 0.219. The van der Waals surface area contributed by atoms with Gasteiger partial charge in [-0.2, -0.15) is 18.3 Å². The molecule has 0 atom stereocenters. The lowest BCUT2D eigenvalue weighted by atomic mass is 10.1. The summed E-state index contributed by atoms with van der Waals surface area (Å²) in [7, 11) is 1.59. The summed E-state index contributed by atoms with van der Waals surface area (Å²) < 4.78 is 47.1. The van der Waals surface area contributed by atoms with Crippen LogP contribution in [0.25, 0.3) is 28.0 Å². The van der Waals surface area contributed by atoms with Gasteiger partial charge in [-0.25, -0.2) is 9.50 Å². The van der Waals surface area contributed by atoms with Crippen molar-refractivity contribution < 1.29 is 22.7 Å². The van der Waals surface area contributed by atoms with Crippen molar-refractivity contribution in [1.29, 1.82) is 0 Å². The highest BCUT2D eigenvalue weighted by atomic mass is 19.4. The van der Waals surface area contributed by atoms with Crippen LogP contribution in [0, 0.1) is 6.92 Å². The molecule has 6 rings (SSSR count). The zero-order chi connectivity index (χ0) is 29.4. The van der Waals surface area contributed by atoms with E-state index in [2.05, 4.69) is 0 Å². The van der Waals surface area contributed by atoms with Crippen LogP contribution >= 0.6 is 0 Å². The minimum absolute atomic E-state index is 0.254. The summed E-state index contributed by atoms with van der Waals surface area (Å²) in [4.78, 5) is 22.3. The van der Waals surface area contributed by atoms with Crippen LogP contribution in [0.1, 0.15) is 21.7 Å². The van der Waals surface area contributed by atoms with Crippen molar-refractivity contribution in [2.45, 2.75) is 13.1 Å². The molecule has 2 aromatic heterocycles. The number of ether oxygens (including phenoxy) is 1. The van der Waals surface area contributed by atoms with Crippen LogP contribution in [0.2, 0.25) is 0 Å². The molecule has 5 aromatic rings. The van der Waals surface area contributed by atoms with Gasteiger partial charge in [-0.05, 0) is 48.9 Å². The van der Waals surface area contributed by atoms with E-state index in [0.717, 1.165) is 34.5 Å². The van der Waals surface area contributed by atoms with E-state index < -0.39 is 11.7 Å². The van der Waals surface area contributed by atoms with Gasteiger partial charge >= 0.3 is 6.18 Å². The first kappa shape index (κ1) is 27.3. The standard InChI is InChI=1S/C32H28F3N5O2/c1-21-29(22-9-4-3-5-10-22)30-36-26(20-27(40(30)37-21)25-13-6-7-14-28(25)42-2)31(41)39-17-15-38(16-18-39)24-12-8-11-23(19-24)32(33,34)35/h3-14,19-20H,15-18H2,1-2H3. The molecule has 0 bridgehead atoms. The number of carbonyl (C=O) groups is 1. The fourth-order valence-electron chi connectivity index (χ4n) is 5.43. The summed E-state index contributed by atoms with van der Waals surface area (Å²) in [5, 5.41) is 4.81. The van der Waals surface area contributed by atoms with Gasteiger partial charge < -0.3 is 14.5 Å². The van der Waals surface area contributed by atoms with Crippen LogP contribution < -0.4 is 9.64 Å². The molecular formula is C32H28F3N5O2. The summed E-state index contributed by atoms with van der Waals surface area (Å²) in [5.74, 6) is 0.378. The molecule has 0 N–H and O–H groups in total. The number of piperazine rings is 1. The van der Waals surface area contributed by atoms with Gasteiger partial charge in [0.2, 0.25) is 0 Å². The number of fused-ring (bicyclic) bond motifs is 1. The first-order valence-electron chi connectivity index (χ1n) is 13.6. The van der Waals surface area contributed by atoms with E-state index in [1.807, 2.05) is 66.4 Å². The number of aromatic nitrogens is 3. The Labute approximate surface area is 240 Å². The molecule has 1 aliphatic heterocycles. The van der Waals surface area contributed by atoms with E-state index >= 15 is 0 Å². The summed E-state index contributed by atoms with van der Waals surface area (Å²) in [6.07, 6.45) is -4.41. The average Bonchev–Trinajstić information content (AvgIpc) is 3.36. The third-order valence-electron chi connectivity index (χ3n) is 7.53. The Morgan fingerprint density at radius 3 is 2.31 bits per heavy atom.